The highest BCUT2D eigenvalue weighted by Gasteiger charge is 2.26. The van der Waals surface area contributed by atoms with Crippen molar-refractivity contribution in [3.8, 4) is 0 Å². The first-order valence-corrected chi connectivity index (χ1v) is 6.60. The van der Waals surface area contributed by atoms with Crippen LogP contribution in [0, 0.1) is 11.8 Å². The monoisotopic (exact) mass is 209 g/mol. The molecule has 0 spiro atoms. The molecule has 1 aliphatic rings. The molecule has 2 atom stereocenters. The van der Waals surface area contributed by atoms with Crippen LogP contribution in [0.15, 0.2) is 12.2 Å². The molecule has 88 valence electrons. The number of nitrogens with one attached hydrogen (secondary N) is 1. The molecule has 1 fully saturated rings. The summed E-state index contributed by atoms with van der Waals surface area (Å²) >= 11 is 0. The maximum absolute atomic E-state index is 3.74. The van der Waals surface area contributed by atoms with E-state index in [2.05, 4.69) is 38.2 Å². The van der Waals surface area contributed by atoms with Gasteiger partial charge in [-0.3, -0.25) is 0 Å². The number of rotatable bonds is 5. The topological polar surface area (TPSA) is 12.0 Å². The third kappa shape index (κ3) is 4.38. The van der Waals surface area contributed by atoms with Gasteiger partial charge in [-0.25, -0.2) is 0 Å². The van der Waals surface area contributed by atoms with Crippen molar-refractivity contribution in [2.75, 3.05) is 6.54 Å². The van der Waals surface area contributed by atoms with Crippen LogP contribution in [0.2, 0.25) is 0 Å². The van der Waals surface area contributed by atoms with E-state index in [1.807, 2.05) is 0 Å². The van der Waals surface area contributed by atoms with Gasteiger partial charge in [0.05, 0.1) is 0 Å². The lowest BCUT2D eigenvalue weighted by atomic mass is 9.78. The molecular weight excluding hydrogens is 182 g/mol. The molecule has 0 amide bonds. The van der Waals surface area contributed by atoms with E-state index in [4.69, 9.17) is 0 Å². The second kappa shape index (κ2) is 7.05. The Bertz CT molecular complexity index is 184. The Morgan fingerprint density at radius 2 is 2.00 bits per heavy atom. The normalized spacial score (nSPS) is 27.7. The van der Waals surface area contributed by atoms with E-state index in [0.717, 1.165) is 24.4 Å². The molecule has 1 aliphatic carbocycles. The van der Waals surface area contributed by atoms with Gasteiger partial charge in [0, 0.05) is 6.04 Å². The Labute approximate surface area is 95.3 Å². The van der Waals surface area contributed by atoms with Crippen LogP contribution in [0.4, 0.5) is 0 Å². The highest BCUT2D eigenvalue weighted by Crippen LogP contribution is 2.30. The van der Waals surface area contributed by atoms with Gasteiger partial charge < -0.3 is 5.32 Å². The zero-order valence-electron chi connectivity index (χ0n) is 10.6. The molecule has 1 saturated carbocycles. The number of hydrogen-bond acceptors (Lipinski definition) is 1. The van der Waals surface area contributed by atoms with Crippen molar-refractivity contribution in [3.63, 3.8) is 0 Å². The smallest absolute Gasteiger partial charge is 0.00978 e. The standard InChI is InChI=1S/C14H27N/c1-4-5-8-11-15-14-10-7-6-9-13(14)12(2)3/h4-5,12-15H,6-11H2,1-3H3/b5-4+. The average molecular weight is 209 g/mol. The molecular formula is C14H27N. The molecule has 1 rings (SSSR count). The van der Waals surface area contributed by atoms with Crippen LogP contribution in [-0.2, 0) is 0 Å². The van der Waals surface area contributed by atoms with Crippen molar-refractivity contribution >= 4 is 0 Å². The molecule has 0 aromatic carbocycles. The van der Waals surface area contributed by atoms with Gasteiger partial charge in [0.25, 0.3) is 0 Å². The lowest BCUT2D eigenvalue weighted by molar-refractivity contribution is 0.207. The Kier molecular flexibility index (Phi) is 6.00. The van der Waals surface area contributed by atoms with E-state index >= 15 is 0 Å². The minimum absolute atomic E-state index is 0.781. The van der Waals surface area contributed by atoms with Crippen LogP contribution in [0.5, 0.6) is 0 Å². The first-order chi connectivity index (χ1) is 7.25. The van der Waals surface area contributed by atoms with Crippen LogP contribution >= 0.6 is 0 Å². The van der Waals surface area contributed by atoms with E-state index in [1.54, 1.807) is 0 Å². The predicted octanol–water partition coefficient (Wildman–Crippen LogP) is 3.76. The lowest BCUT2D eigenvalue weighted by Crippen LogP contribution is -2.41. The van der Waals surface area contributed by atoms with Crippen molar-refractivity contribution in [3.05, 3.63) is 12.2 Å². The maximum atomic E-state index is 3.74. The molecule has 2 unspecified atom stereocenters. The summed E-state index contributed by atoms with van der Waals surface area (Å²) < 4.78 is 0. The maximum Gasteiger partial charge on any atom is 0.00978 e. The van der Waals surface area contributed by atoms with Crippen molar-refractivity contribution in [2.45, 2.75) is 58.9 Å². The SMILES string of the molecule is C/C=C/CCNC1CCCCC1C(C)C. The molecule has 0 radical (unpaired) electrons. The minimum atomic E-state index is 0.781. The molecule has 1 nitrogen and oxygen atoms in total. The highest BCUT2D eigenvalue weighted by molar-refractivity contribution is 4.84. The molecule has 0 heterocycles. The van der Waals surface area contributed by atoms with Crippen molar-refractivity contribution < 1.29 is 0 Å². The van der Waals surface area contributed by atoms with E-state index in [9.17, 15) is 0 Å². The Hall–Kier alpha value is -0.300. The largest absolute Gasteiger partial charge is 0.313 e. The summed E-state index contributed by atoms with van der Waals surface area (Å²) in [6.45, 7) is 7.99. The van der Waals surface area contributed by atoms with Gasteiger partial charge in [-0.15, -0.1) is 0 Å². The fourth-order valence-corrected chi connectivity index (χ4v) is 2.73. The Balaban J connectivity index is 2.29. The zero-order valence-corrected chi connectivity index (χ0v) is 10.6. The highest BCUT2D eigenvalue weighted by atomic mass is 14.9. The molecule has 0 aliphatic heterocycles. The molecule has 1 N–H and O–H groups in total. The quantitative estimate of drug-likeness (QED) is 0.537. The summed E-state index contributed by atoms with van der Waals surface area (Å²) in [5, 5.41) is 3.74. The Morgan fingerprint density at radius 3 is 2.67 bits per heavy atom. The summed E-state index contributed by atoms with van der Waals surface area (Å²) in [4.78, 5) is 0. The number of hydrogen-bond donors (Lipinski definition) is 1. The molecule has 15 heavy (non-hydrogen) atoms. The average Bonchev–Trinajstić information content (AvgIpc) is 2.25. The van der Waals surface area contributed by atoms with Gasteiger partial charge in [-0.1, -0.05) is 38.8 Å². The van der Waals surface area contributed by atoms with E-state index in [1.165, 1.54) is 32.1 Å². The summed E-state index contributed by atoms with van der Waals surface area (Å²) in [7, 11) is 0. The van der Waals surface area contributed by atoms with Crippen LogP contribution in [0.1, 0.15) is 52.9 Å². The van der Waals surface area contributed by atoms with Crippen LogP contribution < -0.4 is 5.32 Å². The first-order valence-electron chi connectivity index (χ1n) is 6.60. The lowest BCUT2D eigenvalue weighted by Gasteiger charge is -2.35. The predicted molar refractivity (Wildman–Crippen MR) is 68.0 cm³/mol. The summed E-state index contributed by atoms with van der Waals surface area (Å²) in [5.41, 5.74) is 0. The minimum Gasteiger partial charge on any atom is -0.313 e. The van der Waals surface area contributed by atoms with Gasteiger partial charge in [0.15, 0.2) is 0 Å². The van der Waals surface area contributed by atoms with E-state index in [-0.39, 0.29) is 0 Å². The van der Waals surface area contributed by atoms with Crippen molar-refractivity contribution in [2.24, 2.45) is 11.8 Å². The van der Waals surface area contributed by atoms with E-state index < -0.39 is 0 Å². The number of allylic oxidation sites excluding steroid dienone is 1. The fourth-order valence-electron chi connectivity index (χ4n) is 2.73. The van der Waals surface area contributed by atoms with Crippen molar-refractivity contribution in [1.82, 2.24) is 5.32 Å². The molecule has 0 aromatic heterocycles. The second-order valence-corrected chi connectivity index (χ2v) is 5.11. The zero-order chi connectivity index (χ0) is 11.1. The molecule has 1 heteroatoms. The first kappa shape index (κ1) is 12.8. The summed E-state index contributed by atoms with van der Waals surface area (Å²) in [6.07, 6.45) is 11.2. The van der Waals surface area contributed by atoms with Gasteiger partial charge in [0.1, 0.15) is 0 Å². The summed E-state index contributed by atoms with van der Waals surface area (Å²) in [6, 6.07) is 0.781. The summed E-state index contributed by atoms with van der Waals surface area (Å²) in [5.74, 6) is 1.74. The van der Waals surface area contributed by atoms with Gasteiger partial charge >= 0.3 is 0 Å². The third-order valence-corrected chi connectivity index (χ3v) is 3.63. The molecule has 0 saturated heterocycles. The second-order valence-electron chi connectivity index (χ2n) is 5.11. The van der Waals surface area contributed by atoms with Crippen LogP contribution in [0.3, 0.4) is 0 Å². The van der Waals surface area contributed by atoms with Crippen LogP contribution in [-0.4, -0.2) is 12.6 Å². The third-order valence-electron chi connectivity index (χ3n) is 3.63. The fraction of sp³-hybridized carbons (Fsp3) is 0.857. The van der Waals surface area contributed by atoms with Gasteiger partial charge in [-0.2, -0.15) is 0 Å². The van der Waals surface area contributed by atoms with Gasteiger partial charge in [0.2, 0.25) is 0 Å². The molecule has 0 bridgehead atoms. The van der Waals surface area contributed by atoms with Gasteiger partial charge in [-0.05, 0) is 44.6 Å². The molecule has 0 aromatic rings. The van der Waals surface area contributed by atoms with Crippen molar-refractivity contribution in [1.29, 1.82) is 0 Å². The van der Waals surface area contributed by atoms with E-state index in [0.29, 0.717) is 0 Å². The van der Waals surface area contributed by atoms with Crippen LogP contribution in [0.25, 0.3) is 0 Å². The Morgan fingerprint density at radius 1 is 1.27 bits per heavy atom.